The van der Waals surface area contributed by atoms with Crippen LogP contribution >= 0.6 is 11.3 Å². The Morgan fingerprint density at radius 3 is 2.53 bits per heavy atom. The molecule has 146 valence electrons. The lowest BCUT2D eigenvalue weighted by molar-refractivity contribution is 0.262. The number of aryl methyl sites for hydroxylation is 1. The van der Waals surface area contributed by atoms with Crippen LogP contribution in [-0.4, -0.2) is 11.0 Å². The number of amides is 2. The van der Waals surface area contributed by atoms with Crippen LogP contribution in [0.1, 0.15) is 5.56 Å². The zero-order valence-corrected chi connectivity index (χ0v) is 17.2. The van der Waals surface area contributed by atoms with Crippen LogP contribution in [0.4, 0.5) is 16.2 Å². The van der Waals surface area contributed by atoms with Gasteiger partial charge in [0.15, 0.2) is 0 Å². The number of hydrogen-bond donors (Lipinski definition) is 2. The maximum absolute atomic E-state index is 12.5. The van der Waals surface area contributed by atoms with E-state index in [2.05, 4.69) is 35.8 Å². The highest BCUT2D eigenvalue weighted by Crippen LogP contribution is 2.31. The molecule has 0 saturated carbocycles. The van der Waals surface area contributed by atoms with Crippen molar-refractivity contribution in [1.82, 2.24) is 4.98 Å². The van der Waals surface area contributed by atoms with Crippen molar-refractivity contribution in [3.63, 3.8) is 0 Å². The van der Waals surface area contributed by atoms with Crippen molar-refractivity contribution in [2.75, 3.05) is 10.6 Å². The van der Waals surface area contributed by atoms with Gasteiger partial charge >= 0.3 is 6.03 Å². The fourth-order valence-electron chi connectivity index (χ4n) is 3.47. The smallest absolute Gasteiger partial charge is 0.308 e. The molecule has 4 aromatic carbocycles. The van der Waals surface area contributed by atoms with Crippen molar-refractivity contribution in [3.8, 4) is 10.6 Å². The predicted octanol–water partition coefficient (Wildman–Crippen LogP) is 7.07. The third-order valence-corrected chi connectivity index (χ3v) is 6.04. The highest BCUT2D eigenvalue weighted by atomic mass is 32.1. The van der Waals surface area contributed by atoms with E-state index in [0.29, 0.717) is 0 Å². The Bertz CT molecular complexity index is 1370. The second-order valence-electron chi connectivity index (χ2n) is 7.17. The van der Waals surface area contributed by atoms with E-state index in [1.165, 1.54) is 10.3 Å². The highest BCUT2D eigenvalue weighted by molar-refractivity contribution is 7.21. The molecule has 0 fully saturated rings. The van der Waals surface area contributed by atoms with E-state index >= 15 is 0 Å². The van der Waals surface area contributed by atoms with Crippen LogP contribution in [-0.2, 0) is 0 Å². The molecule has 1 aromatic heterocycles. The number of carbonyl (C=O) groups excluding carboxylic acids is 1. The molecule has 4 nitrogen and oxygen atoms in total. The van der Waals surface area contributed by atoms with E-state index in [1.54, 1.807) is 11.3 Å². The van der Waals surface area contributed by atoms with Gasteiger partial charge in [-0.25, -0.2) is 9.78 Å². The summed E-state index contributed by atoms with van der Waals surface area (Å²) in [5.41, 5.74) is 4.79. The summed E-state index contributed by atoms with van der Waals surface area (Å²) in [5, 5.41) is 8.92. The number of fused-ring (bicyclic) bond motifs is 2. The van der Waals surface area contributed by atoms with E-state index in [4.69, 9.17) is 4.98 Å². The molecule has 5 rings (SSSR count). The maximum atomic E-state index is 12.5. The highest BCUT2D eigenvalue weighted by Gasteiger charge is 2.09. The van der Waals surface area contributed by atoms with Crippen molar-refractivity contribution in [2.24, 2.45) is 0 Å². The lowest BCUT2D eigenvalue weighted by Gasteiger charge is -2.10. The van der Waals surface area contributed by atoms with Gasteiger partial charge in [0.25, 0.3) is 0 Å². The maximum Gasteiger partial charge on any atom is 0.323 e. The number of thiazole rings is 1. The molecule has 0 saturated heterocycles. The molecule has 2 N–H and O–H groups in total. The Kier molecular flexibility index (Phi) is 4.65. The quantitative estimate of drug-likeness (QED) is 0.335. The zero-order valence-electron chi connectivity index (χ0n) is 16.3. The van der Waals surface area contributed by atoms with Gasteiger partial charge in [-0.1, -0.05) is 42.5 Å². The van der Waals surface area contributed by atoms with E-state index < -0.39 is 0 Å². The Balaban J connectivity index is 1.32. The normalized spacial score (nSPS) is 11.0. The SMILES string of the molecule is Cc1ccc2nc(-c3ccc(NC(=O)Nc4cccc5ccccc45)cc3)sc2c1. The largest absolute Gasteiger partial charge is 0.323 e. The Hall–Kier alpha value is -3.70. The van der Waals surface area contributed by atoms with Crippen LogP contribution in [0.3, 0.4) is 0 Å². The first-order valence-electron chi connectivity index (χ1n) is 9.69. The zero-order chi connectivity index (χ0) is 20.5. The molecule has 0 atom stereocenters. The molecule has 0 radical (unpaired) electrons. The average molecular weight is 410 g/mol. The standard InChI is InChI=1S/C25H19N3OS/c1-16-9-14-22-23(15-16)30-24(27-22)18-10-12-19(13-11-18)26-25(29)28-21-8-4-6-17-5-2-3-7-20(17)21/h2-15H,1H3,(H2,26,28,29). The van der Waals surface area contributed by atoms with Crippen molar-refractivity contribution < 1.29 is 4.79 Å². The number of nitrogens with one attached hydrogen (secondary N) is 2. The molecule has 0 spiro atoms. The Labute approximate surface area is 178 Å². The van der Waals surface area contributed by atoms with E-state index in [9.17, 15) is 4.79 Å². The molecular weight excluding hydrogens is 390 g/mol. The van der Waals surface area contributed by atoms with Gasteiger partial charge in [0.05, 0.1) is 15.9 Å². The van der Waals surface area contributed by atoms with Crippen LogP contribution < -0.4 is 10.6 Å². The van der Waals surface area contributed by atoms with Crippen LogP contribution in [0.2, 0.25) is 0 Å². The summed E-state index contributed by atoms with van der Waals surface area (Å²) in [6.45, 7) is 2.09. The topological polar surface area (TPSA) is 54.0 Å². The number of carbonyl (C=O) groups is 1. The van der Waals surface area contributed by atoms with Crippen molar-refractivity contribution in [1.29, 1.82) is 0 Å². The van der Waals surface area contributed by atoms with Crippen molar-refractivity contribution in [2.45, 2.75) is 6.92 Å². The van der Waals surface area contributed by atoms with Gasteiger partial charge in [-0.05, 0) is 60.3 Å². The number of rotatable bonds is 3. The predicted molar refractivity (Wildman–Crippen MR) is 126 cm³/mol. The molecule has 0 bridgehead atoms. The Morgan fingerprint density at radius 1 is 0.867 bits per heavy atom. The Morgan fingerprint density at radius 2 is 1.67 bits per heavy atom. The first-order valence-corrected chi connectivity index (χ1v) is 10.5. The summed E-state index contributed by atoms with van der Waals surface area (Å²) in [6, 6.07) is 27.6. The third kappa shape index (κ3) is 3.63. The lowest BCUT2D eigenvalue weighted by Crippen LogP contribution is -2.19. The lowest BCUT2D eigenvalue weighted by atomic mass is 10.1. The number of benzene rings is 4. The first-order chi connectivity index (χ1) is 14.7. The van der Waals surface area contributed by atoms with E-state index in [1.807, 2.05) is 66.7 Å². The van der Waals surface area contributed by atoms with Crippen molar-refractivity contribution in [3.05, 3.63) is 90.5 Å². The van der Waals surface area contributed by atoms with Crippen LogP contribution in [0.5, 0.6) is 0 Å². The fraction of sp³-hybridized carbons (Fsp3) is 0.0400. The fourth-order valence-corrected chi connectivity index (χ4v) is 4.54. The van der Waals surface area contributed by atoms with Gasteiger partial charge in [-0.3, -0.25) is 0 Å². The van der Waals surface area contributed by atoms with Gasteiger partial charge < -0.3 is 10.6 Å². The van der Waals surface area contributed by atoms with Gasteiger partial charge in [-0.15, -0.1) is 11.3 Å². The molecular formula is C25H19N3OS. The minimum absolute atomic E-state index is 0.269. The van der Waals surface area contributed by atoms with E-state index in [-0.39, 0.29) is 6.03 Å². The number of urea groups is 1. The molecule has 0 aliphatic heterocycles. The molecule has 30 heavy (non-hydrogen) atoms. The molecule has 5 aromatic rings. The van der Waals surface area contributed by atoms with Gasteiger partial charge in [0, 0.05) is 16.6 Å². The van der Waals surface area contributed by atoms with Crippen LogP contribution in [0.15, 0.2) is 84.9 Å². The second kappa shape index (κ2) is 7.61. The molecule has 0 aliphatic rings. The van der Waals surface area contributed by atoms with Crippen LogP contribution in [0.25, 0.3) is 31.6 Å². The summed E-state index contributed by atoms with van der Waals surface area (Å²) >= 11 is 1.68. The second-order valence-corrected chi connectivity index (χ2v) is 8.20. The van der Waals surface area contributed by atoms with Gasteiger partial charge in [-0.2, -0.15) is 0 Å². The molecule has 1 heterocycles. The number of anilines is 2. The third-order valence-electron chi connectivity index (χ3n) is 4.97. The van der Waals surface area contributed by atoms with Gasteiger partial charge in [0.2, 0.25) is 0 Å². The first kappa shape index (κ1) is 18.3. The number of nitrogens with zero attached hydrogens (tertiary/aromatic N) is 1. The molecule has 0 aliphatic carbocycles. The summed E-state index contributed by atoms with van der Waals surface area (Å²) in [5.74, 6) is 0. The number of hydrogen-bond acceptors (Lipinski definition) is 3. The summed E-state index contributed by atoms with van der Waals surface area (Å²) in [4.78, 5) is 17.2. The summed E-state index contributed by atoms with van der Waals surface area (Å²) in [6.07, 6.45) is 0. The monoisotopic (exact) mass is 409 g/mol. The minimum atomic E-state index is -0.269. The van der Waals surface area contributed by atoms with E-state index in [0.717, 1.165) is 38.2 Å². The van der Waals surface area contributed by atoms with Crippen LogP contribution in [0, 0.1) is 6.92 Å². The minimum Gasteiger partial charge on any atom is -0.308 e. The average Bonchev–Trinajstić information content (AvgIpc) is 3.18. The molecule has 2 amide bonds. The van der Waals surface area contributed by atoms with Crippen molar-refractivity contribution >= 4 is 49.7 Å². The molecule has 0 unspecified atom stereocenters. The molecule has 5 heteroatoms. The van der Waals surface area contributed by atoms with Gasteiger partial charge in [0.1, 0.15) is 5.01 Å². The number of aromatic nitrogens is 1. The summed E-state index contributed by atoms with van der Waals surface area (Å²) < 4.78 is 1.18. The summed E-state index contributed by atoms with van der Waals surface area (Å²) in [7, 11) is 0.